The molecule has 37 heavy (non-hydrogen) atoms. The molecule has 4 heterocycles. The number of fused-ring (bicyclic) bond motifs is 1. The van der Waals surface area contributed by atoms with Crippen molar-refractivity contribution in [1.82, 2.24) is 24.6 Å². The van der Waals surface area contributed by atoms with Crippen molar-refractivity contribution in [2.45, 2.75) is 56.5 Å². The molecule has 12 heteroatoms. The second kappa shape index (κ2) is 10.1. The number of likely N-dealkylation sites (tertiary alicyclic amines) is 1. The quantitative estimate of drug-likeness (QED) is 0.426. The van der Waals surface area contributed by atoms with Gasteiger partial charge in [-0.2, -0.15) is 18.3 Å². The zero-order valence-corrected chi connectivity index (χ0v) is 20.5. The number of nitrogens with zero attached hydrogens (tertiary/aromatic N) is 6. The summed E-state index contributed by atoms with van der Waals surface area (Å²) in [6.45, 7) is 0.984. The molecule has 2 unspecified atom stereocenters. The van der Waals surface area contributed by atoms with E-state index in [1.165, 1.54) is 23.4 Å². The van der Waals surface area contributed by atoms with Crippen LogP contribution in [0.15, 0.2) is 36.8 Å². The zero-order valence-electron chi connectivity index (χ0n) is 20.5. The number of alkyl halides is 5. The van der Waals surface area contributed by atoms with Crippen LogP contribution in [0.4, 0.5) is 27.8 Å². The second-order valence-corrected chi connectivity index (χ2v) is 9.74. The largest absolute Gasteiger partial charge is 0.416 e. The lowest BCUT2D eigenvalue weighted by atomic mass is 9.98. The van der Waals surface area contributed by atoms with E-state index in [0.29, 0.717) is 48.5 Å². The highest BCUT2D eigenvalue weighted by molar-refractivity contribution is 5.86. The molecule has 0 radical (unpaired) electrons. The summed E-state index contributed by atoms with van der Waals surface area (Å²) in [6.07, 6.45) is 1.79. The summed E-state index contributed by atoms with van der Waals surface area (Å²) < 4.78 is 76.6. The molecule has 5 rings (SSSR count). The van der Waals surface area contributed by atoms with Gasteiger partial charge in [0.1, 0.15) is 12.1 Å². The topological polar surface area (TPSA) is 59.3 Å². The number of piperidine rings is 1. The lowest BCUT2D eigenvalue weighted by Crippen LogP contribution is -2.58. The smallest absolute Gasteiger partial charge is 0.356 e. The van der Waals surface area contributed by atoms with Crippen LogP contribution in [-0.4, -0.2) is 69.9 Å². The number of rotatable bonds is 6. The first-order valence-corrected chi connectivity index (χ1v) is 12.4. The molecule has 200 valence electrons. The fourth-order valence-electron chi connectivity index (χ4n) is 5.22. The van der Waals surface area contributed by atoms with Crippen LogP contribution in [0.3, 0.4) is 0 Å². The molecule has 1 aromatic carbocycles. The molecule has 2 atom stereocenters. The minimum atomic E-state index is -4.40. The first-order chi connectivity index (χ1) is 17.6. The average molecular weight is 525 g/mol. The summed E-state index contributed by atoms with van der Waals surface area (Å²) in [5, 5.41) is 5.03. The minimum Gasteiger partial charge on any atom is -0.356 e. The maximum absolute atomic E-state index is 15.4. The van der Waals surface area contributed by atoms with E-state index in [9.17, 15) is 13.2 Å². The molecule has 0 bridgehead atoms. The van der Waals surface area contributed by atoms with Crippen LogP contribution >= 0.6 is 0 Å². The van der Waals surface area contributed by atoms with Crippen molar-refractivity contribution in [2.24, 2.45) is 0 Å². The molecule has 0 spiro atoms. The Labute approximate surface area is 211 Å². The van der Waals surface area contributed by atoms with Crippen LogP contribution < -0.4 is 4.90 Å². The molecular weight excluding hydrogens is 495 g/mol. The van der Waals surface area contributed by atoms with Gasteiger partial charge in [-0.25, -0.2) is 23.4 Å². The number of ether oxygens (including phenoxy) is 1. The van der Waals surface area contributed by atoms with Crippen molar-refractivity contribution in [3.8, 4) is 0 Å². The van der Waals surface area contributed by atoms with Gasteiger partial charge in [-0.3, -0.25) is 4.90 Å². The van der Waals surface area contributed by atoms with Gasteiger partial charge in [0, 0.05) is 26.7 Å². The van der Waals surface area contributed by atoms with Gasteiger partial charge in [-0.1, -0.05) is 12.1 Å². The van der Waals surface area contributed by atoms with Gasteiger partial charge in [0.2, 0.25) is 0 Å². The Morgan fingerprint density at radius 1 is 1.11 bits per heavy atom. The standard InChI is InChI=1S/C25H29F5N6O/c1-34(22-19-14-33-36(23(19)32-16-31-22)21-4-2-3-13-37-21)20-10-12-35(15-24(20,26)27)11-9-17-5-7-18(8-6-17)25(28,29)30/h5-8,14,16,20-21H,2-4,9-13,15H2,1H3. The minimum absolute atomic E-state index is 0.210. The first-order valence-electron chi connectivity index (χ1n) is 12.4. The highest BCUT2D eigenvalue weighted by Gasteiger charge is 2.47. The molecule has 3 aromatic rings. The van der Waals surface area contributed by atoms with Crippen LogP contribution in [0.1, 0.15) is 43.0 Å². The molecule has 0 aliphatic carbocycles. The highest BCUT2D eigenvalue weighted by Crippen LogP contribution is 2.36. The average Bonchev–Trinajstić information content (AvgIpc) is 3.31. The SMILES string of the molecule is CN(c1ncnc2c1cnn2C1CCCCO1)C1CCN(CCc2ccc(C(F)(F)F)cc2)CC1(F)F. The molecule has 2 aliphatic heterocycles. The van der Waals surface area contributed by atoms with Gasteiger partial charge in [-0.05, 0) is 49.8 Å². The Kier molecular flexibility index (Phi) is 7.06. The Bertz CT molecular complexity index is 1210. The molecule has 0 saturated carbocycles. The number of aromatic nitrogens is 4. The molecule has 2 fully saturated rings. The maximum atomic E-state index is 15.4. The summed E-state index contributed by atoms with van der Waals surface area (Å²) in [5.41, 5.74) is 0.515. The third-order valence-corrected chi connectivity index (χ3v) is 7.24. The van der Waals surface area contributed by atoms with E-state index >= 15 is 8.78 Å². The fourth-order valence-corrected chi connectivity index (χ4v) is 5.22. The van der Waals surface area contributed by atoms with Crippen LogP contribution in [0.5, 0.6) is 0 Å². The molecule has 2 saturated heterocycles. The van der Waals surface area contributed by atoms with E-state index in [4.69, 9.17) is 4.74 Å². The summed E-state index contributed by atoms with van der Waals surface area (Å²) in [7, 11) is 1.62. The van der Waals surface area contributed by atoms with Crippen molar-refractivity contribution in [3.05, 3.63) is 47.9 Å². The van der Waals surface area contributed by atoms with Crippen LogP contribution in [0.25, 0.3) is 11.0 Å². The lowest BCUT2D eigenvalue weighted by molar-refractivity contribution is -0.137. The van der Waals surface area contributed by atoms with Gasteiger partial charge >= 0.3 is 6.18 Å². The molecule has 2 aromatic heterocycles. The van der Waals surface area contributed by atoms with E-state index in [1.54, 1.807) is 22.8 Å². The number of hydrogen-bond donors (Lipinski definition) is 0. The summed E-state index contributed by atoms with van der Waals surface area (Å²) in [5.74, 6) is -2.62. The van der Waals surface area contributed by atoms with Gasteiger partial charge in [0.05, 0.1) is 29.7 Å². The van der Waals surface area contributed by atoms with Crippen molar-refractivity contribution in [3.63, 3.8) is 0 Å². The summed E-state index contributed by atoms with van der Waals surface area (Å²) in [6, 6.07) is 3.79. The van der Waals surface area contributed by atoms with E-state index in [2.05, 4.69) is 15.1 Å². The van der Waals surface area contributed by atoms with Gasteiger partial charge in [-0.15, -0.1) is 0 Å². The molecule has 7 nitrogen and oxygen atoms in total. The van der Waals surface area contributed by atoms with E-state index in [1.807, 2.05) is 0 Å². The zero-order chi connectivity index (χ0) is 26.2. The maximum Gasteiger partial charge on any atom is 0.416 e. The third kappa shape index (κ3) is 5.40. The first kappa shape index (κ1) is 25.8. The van der Waals surface area contributed by atoms with Gasteiger partial charge < -0.3 is 9.64 Å². The molecule has 2 aliphatic rings. The van der Waals surface area contributed by atoms with Crippen molar-refractivity contribution < 1.29 is 26.7 Å². The van der Waals surface area contributed by atoms with Crippen molar-refractivity contribution in [1.29, 1.82) is 0 Å². The van der Waals surface area contributed by atoms with E-state index in [0.717, 1.165) is 31.4 Å². The summed E-state index contributed by atoms with van der Waals surface area (Å²) in [4.78, 5) is 11.9. The highest BCUT2D eigenvalue weighted by atomic mass is 19.4. The normalized spacial score (nSPS) is 22.9. The fraction of sp³-hybridized carbons (Fsp3) is 0.560. The van der Waals surface area contributed by atoms with Gasteiger partial charge in [0.15, 0.2) is 11.9 Å². The Hall–Kier alpha value is -2.86. The predicted octanol–water partition coefficient (Wildman–Crippen LogP) is 4.93. The monoisotopic (exact) mass is 524 g/mol. The van der Waals surface area contributed by atoms with Crippen LogP contribution in [0.2, 0.25) is 0 Å². The Balaban J connectivity index is 1.25. The molecule has 0 N–H and O–H groups in total. The van der Waals surface area contributed by atoms with E-state index < -0.39 is 30.2 Å². The second-order valence-electron chi connectivity index (χ2n) is 9.74. The Morgan fingerprint density at radius 2 is 1.89 bits per heavy atom. The number of benzene rings is 1. The predicted molar refractivity (Wildman–Crippen MR) is 128 cm³/mol. The van der Waals surface area contributed by atoms with Crippen LogP contribution in [0, 0.1) is 0 Å². The van der Waals surface area contributed by atoms with Crippen molar-refractivity contribution >= 4 is 16.9 Å². The van der Waals surface area contributed by atoms with Crippen LogP contribution in [-0.2, 0) is 17.3 Å². The van der Waals surface area contributed by atoms with Gasteiger partial charge in [0.25, 0.3) is 5.92 Å². The number of halogens is 5. The molecular formula is C25H29F5N6O. The molecule has 0 amide bonds. The van der Waals surface area contributed by atoms with Crippen molar-refractivity contribution in [2.75, 3.05) is 38.2 Å². The number of anilines is 1. The lowest BCUT2D eigenvalue weighted by Gasteiger charge is -2.42. The Morgan fingerprint density at radius 3 is 2.57 bits per heavy atom. The van der Waals surface area contributed by atoms with E-state index in [-0.39, 0.29) is 12.6 Å². The third-order valence-electron chi connectivity index (χ3n) is 7.24. The number of hydrogen-bond acceptors (Lipinski definition) is 6. The summed E-state index contributed by atoms with van der Waals surface area (Å²) >= 11 is 0.